The van der Waals surface area contributed by atoms with Crippen LogP contribution < -0.4 is 10.6 Å². The fourth-order valence-electron chi connectivity index (χ4n) is 3.84. The Kier molecular flexibility index (Phi) is 6.08. The van der Waals surface area contributed by atoms with E-state index in [0.717, 1.165) is 43.9 Å². The zero-order valence-electron chi connectivity index (χ0n) is 15.4. The first-order chi connectivity index (χ1) is 12.1. The molecule has 2 heterocycles. The second-order valence-electron chi connectivity index (χ2n) is 7.29. The van der Waals surface area contributed by atoms with Gasteiger partial charge in [-0.25, -0.2) is 4.98 Å². The first-order valence-corrected chi connectivity index (χ1v) is 9.54. The normalized spacial score (nSPS) is 19.0. The predicted octanol–water partition coefficient (Wildman–Crippen LogP) is 2.88. The number of nitrogens with one attached hydrogen (secondary N) is 2. The number of nitrogens with zero attached hydrogens (tertiary/aromatic N) is 2. The molecule has 2 unspecified atom stereocenters. The lowest BCUT2D eigenvalue weighted by Gasteiger charge is -2.28. The predicted molar refractivity (Wildman–Crippen MR) is 101 cm³/mol. The molecule has 2 atom stereocenters. The fourth-order valence-corrected chi connectivity index (χ4v) is 3.84. The van der Waals surface area contributed by atoms with Crippen LogP contribution >= 0.6 is 0 Å². The van der Waals surface area contributed by atoms with Gasteiger partial charge in [-0.3, -0.25) is 4.79 Å². The number of benzene rings is 1. The zero-order chi connectivity index (χ0) is 17.6. The van der Waals surface area contributed by atoms with E-state index >= 15 is 0 Å². The van der Waals surface area contributed by atoms with Gasteiger partial charge in [0.15, 0.2) is 0 Å². The van der Waals surface area contributed by atoms with Crippen LogP contribution in [0.3, 0.4) is 0 Å². The topological polar surface area (TPSA) is 59.0 Å². The van der Waals surface area contributed by atoms with Gasteiger partial charge >= 0.3 is 0 Å². The summed E-state index contributed by atoms with van der Waals surface area (Å²) in [6.07, 6.45) is 4.04. The van der Waals surface area contributed by atoms with Crippen LogP contribution in [0, 0.1) is 18.8 Å². The number of carbonyl (C=O) groups excluding carboxylic acids is 1. The van der Waals surface area contributed by atoms with Crippen LogP contribution in [0.25, 0.3) is 11.0 Å². The first-order valence-electron chi connectivity index (χ1n) is 9.54. The zero-order valence-corrected chi connectivity index (χ0v) is 15.4. The van der Waals surface area contributed by atoms with Crippen molar-refractivity contribution in [3.8, 4) is 0 Å². The average Bonchev–Trinajstić information content (AvgIpc) is 2.95. The Balaban J connectivity index is 1.41. The first kappa shape index (κ1) is 17.9. The van der Waals surface area contributed by atoms with Crippen LogP contribution in [0.5, 0.6) is 0 Å². The molecule has 1 aromatic carbocycles. The Morgan fingerprint density at radius 1 is 1.44 bits per heavy atom. The van der Waals surface area contributed by atoms with Crippen molar-refractivity contribution in [3.63, 3.8) is 0 Å². The maximum absolute atomic E-state index is 12.2. The van der Waals surface area contributed by atoms with Gasteiger partial charge in [-0.2, -0.15) is 0 Å². The van der Waals surface area contributed by atoms with E-state index in [2.05, 4.69) is 33.2 Å². The lowest BCUT2D eigenvalue weighted by Crippen LogP contribution is -2.35. The van der Waals surface area contributed by atoms with Gasteiger partial charge in [0.2, 0.25) is 5.91 Å². The molecule has 0 saturated carbocycles. The summed E-state index contributed by atoms with van der Waals surface area (Å²) >= 11 is 0. The molecule has 1 aliphatic rings. The number of hydrogen-bond acceptors (Lipinski definition) is 3. The third-order valence-electron chi connectivity index (χ3n) is 5.37. The van der Waals surface area contributed by atoms with E-state index in [9.17, 15) is 4.79 Å². The van der Waals surface area contributed by atoms with Crippen molar-refractivity contribution >= 4 is 16.9 Å². The highest BCUT2D eigenvalue weighted by molar-refractivity contribution is 5.76. The third kappa shape index (κ3) is 4.60. The maximum Gasteiger partial charge on any atom is 0.220 e. The summed E-state index contributed by atoms with van der Waals surface area (Å²) in [6.45, 7) is 8.03. The molecule has 136 valence electrons. The minimum absolute atomic E-state index is 0.185. The number of hydrogen-bond donors (Lipinski definition) is 2. The number of amides is 1. The van der Waals surface area contributed by atoms with Crippen molar-refractivity contribution in [1.29, 1.82) is 0 Å². The number of para-hydroxylation sites is 2. The highest BCUT2D eigenvalue weighted by Crippen LogP contribution is 2.22. The molecule has 5 nitrogen and oxygen atoms in total. The molecule has 1 aromatic heterocycles. The van der Waals surface area contributed by atoms with Crippen molar-refractivity contribution in [3.05, 3.63) is 30.1 Å². The van der Waals surface area contributed by atoms with Gasteiger partial charge < -0.3 is 15.2 Å². The maximum atomic E-state index is 12.2. The quantitative estimate of drug-likeness (QED) is 0.761. The highest BCUT2D eigenvalue weighted by Gasteiger charge is 2.21. The van der Waals surface area contributed by atoms with Gasteiger partial charge in [0, 0.05) is 19.5 Å². The van der Waals surface area contributed by atoms with Crippen LogP contribution in [0.15, 0.2) is 24.3 Å². The SMILES string of the molecule is Cc1nc2ccccc2n1CCCNC(=O)CC(C)C1CCCNC1. The molecular weight excluding hydrogens is 312 g/mol. The Labute approximate surface area is 150 Å². The van der Waals surface area contributed by atoms with Crippen LogP contribution in [0.2, 0.25) is 0 Å². The lowest BCUT2D eigenvalue weighted by atomic mass is 9.85. The van der Waals surface area contributed by atoms with Gasteiger partial charge in [-0.15, -0.1) is 0 Å². The molecule has 2 N–H and O–H groups in total. The van der Waals surface area contributed by atoms with Crippen molar-refractivity contribution in [2.45, 2.75) is 46.1 Å². The Morgan fingerprint density at radius 3 is 3.08 bits per heavy atom. The van der Waals surface area contributed by atoms with Crippen LogP contribution in [-0.2, 0) is 11.3 Å². The lowest BCUT2D eigenvalue weighted by molar-refractivity contribution is -0.122. The van der Waals surface area contributed by atoms with E-state index in [1.54, 1.807) is 0 Å². The molecule has 2 aromatic rings. The summed E-state index contributed by atoms with van der Waals surface area (Å²) in [5, 5.41) is 6.53. The molecule has 1 saturated heterocycles. The summed E-state index contributed by atoms with van der Waals surface area (Å²) in [4.78, 5) is 16.8. The van der Waals surface area contributed by atoms with Gasteiger partial charge in [0.25, 0.3) is 0 Å². The summed E-state index contributed by atoms with van der Waals surface area (Å²) in [5.74, 6) is 2.31. The Morgan fingerprint density at radius 2 is 2.28 bits per heavy atom. The molecule has 25 heavy (non-hydrogen) atoms. The second kappa shape index (κ2) is 8.48. The molecule has 1 aliphatic heterocycles. The van der Waals surface area contributed by atoms with E-state index in [1.807, 2.05) is 25.1 Å². The number of aromatic nitrogens is 2. The summed E-state index contributed by atoms with van der Waals surface area (Å²) in [5.41, 5.74) is 2.21. The molecular formula is C20H30N4O. The smallest absolute Gasteiger partial charge is 0.220 e. The van der Waals surface area contributed by atoms with Gasteiger partial charge in [0.1, 0.15) is 5.82 Å². The molecule has 0 spiro atoms. The summed E-state index contributed by atoms with van der Waals surface area (Å²) in [7, 11) is 0. The Hall–Kier alpha value is -1.88. The van der Waals surface area contributed by atoms with Crippen molar-refractivity contribution < 1.29 is 4.79 Å². The molecule has 3 rings (SSSR count). The monoisotopic (exact) mass is 342 g/mol. The van der Waals surface area contributed by atoms with E-state index in [1.165, 1.54) is 18.4 Å². The molecule has 0 aliphatic carbocycles. The number of rotatable bonds is 7. The molecule has 0 radical (unpaired) electrons. The highest BCUT2D eigenvalue weighted by atomic mass is 16.1. The molecule has 0 bridgehead atoms. The van der Waals surface area contributed by atoms with Gasteiger partial charge in [-0.1, -0.05) is 19.1 Å². The molecule has 1 fully saturated rings. The summed E-state index contributed by atoms with van der Waals surface area (Å²) in [6, 6.07) is 8.21. The standard InChI is InChI=1S/C20H30N4O/c1-15(17-7-5-10-21-14-17)13-20(25)22-11-6-12-24-16(2)23-18-8-3-4-9-19(18)24/h3-4,8-9,15,17,21H,5-7,10-14H2,1-2H3,(H,22,25). The number of fused-ring (bicyclic) bond motifs is 1. The third-order valence-corrected chi connectivity index (χ3v) is 5.37. The molecule has 1 amide bonds. The average molecular weight is 342 g/mol. The van der Waals surface area contributed by atoms with E-state index in [0.29, 0.717) is 18.3 Å². The van der Waals surface area contributed by atoms with Crippen molar-refractivity contribution in [2.24, 2.45) is 11.8 Å². The number of piperidine rings is 1. The van der Waals surface area contributed by atoms with Crippen molar-refractivity contribution in [2.75, 3.05) is 19.6 Å². The van der Waals surface area contributed by atoms with Crippen molar-refractivity contribution in [1.82, 2.24) is 20.2 Å². The number of imidazole rings is 1. The fraction of sp³-hybridized carbons (Fsp3) is 0.600. The van der Waals surface area contributed by atoms with Gasteiger partial charge in [-0.05, 0) is 63.2 Å². The van der Waals surface area contributed by atoms with E-state index in [4.69, 9.17) is 0 Å². The second-order valence-corrected chi connectivity index (χ2v) is 7.29. The minimum atomic E-state index is 0.185. The largest absolute Gasteiger partial charge is 0.356 e. The van der Waals surface area contributed by atoms with Crippen LogP contribution in [-0.4, -0.2) is 35.1 Å². The molecule has 5 heteroatoms. The number of carbonyl (C=O) groups is 1. The minimum Gasteiger partial charge on any atom is -0.356 e. The van der Waals surface area contributed by atoms with Crippen LogP contribution in [0.4, 0.5) is 0 Å². The number of aryl methyl sites for hydroxylation is 2. The van der Waals surface area contributed by atoms with Crippen LogP contribution in [0.1, 0.15) is 38.4 Å². The Bertz CT molecular complexity index is 703. The van der Waals surface area contributed by atoms with E-state index < -0.39 is 0 Å². The summed E-state index contributed by atoms with van der Waals surface area (Å²) < 4.78 is 2.23. The van der Waals surface area contributed by atoms with Gasteiger partial charge in [0.05, 0.1) is 11.0 Å². The van der Waals surface area contributed by atoms with E-state index in [-0.39, 0.29) is 5.91 Å².